The van der Waals surface area contributed by atoms with E-state index in [2.05, 4.69) is 10.5 Å². The molecule has 1 aliphatic rings. The SMILES string of the molecule is CCOC(=O)C1=C(C)NC(C)=C(C(=O)OCC)C1c1c(-c2ccc(OC)cc2OC)noc1C. The predicted molar refractivity (Wildman–Crippen MR) is 124 cm³/mol. The fraction of sp³-hybridized carbons (Fsp3) is 0.400. The zero-order valence-electron chi connectivity index (χ0n) is 20.5. The van der Waals surface area contributed by atoms with Gasteiger partial charge in [-0.05, 0) is 46.8 Å². The van der Waals surface area contributed by atoms with Crippen molar-refractivity contribution in [1.29, 1.82) is 0 Å². The number of nitrogens with one attached hydrogen (secondary N) is 1. The number of ether oxygens (including phenoxy) is 4. The Hall–Kier alpha value is -3.75. The number of hydrogen-bond donors (Lipinski definition) is 1. The maximum atomic E-state index is 13.1. The molecule has 9 heteroatoms. The van der Waals surface area contributed by atoms with E-state index in [9.17, 15) is 9.59 Å². The molecule has 0 aliphatic carbocycles. The molecule has 0 spiro atoms. The first-order valence-corrected chi connectivity index (χ1v) is 11.0. The molecule has 9 nitrogen and oxygen atoms in total. The second-order valence-corrected chi connectivity index (χ2v) is 7.64. The van der Waals surface area contributed by atoms with Gasteiger partial charge in [0.15, 0.2) is 0 Å². The number of aryl methyl sites for hydroxylation is 1. The van der Waals surface area contributed by atoms with Gasteiger partial charge in [0.1, 0.15) is 23.0 Å². The lowest BCUT2D eigenvalue weighted by atomic mass is 9.78. The third kappa shape index (κ3) is 4.50. The Morgan fingerprint density at radius 3 is 2.06 bits per heavy atom. The van der Waals surface area contributed by atoms with E-state index in [1.165, 1.54) is 7.11 Å². The van der Waals surface area contributed by atoms with Crippen LogP contribution in [0.25, 0.3) is 11.3 Å². The smallest absolute Gasteiger partial charge is 0.336 e. The summed E-state index contributed by atoms with van der Waals surface area (Å²) in [7, 11) is 3.10. The Morgan fingerprint density at radius 2 is 1.56 bits per heavy atom. The van der Waals surface area contributed by atoms with E-state index in [0.29, 0.717) is 45.5 Å². The van der Waals surface area contributed by atoms with Crippen molar-refractivity contribution in [3.05, 3.63) is 52.1 Å². The Bertz CT molecular complexity index is 1120. The van der Waals surface area contributed by atoms with Crippen LogP contribution in [0.5, 0.6) is 11.5 Å². The molecular formula is C25H30N2O7. The Kier molecular flexibility index (Phi) is 7.65. The summed E-state index contributed by atoms with van der Waals surface area (Å²) in [6.45, 7) is 9.08. The number of aromatic nitrogens is 1. The lowest BCUT2D eigenvalue weighted by Crippen LogP contribution is -2.33. The highest BCUT2D eigenvalue weighted by molar-refractivity contribution is 6.00. The summed E-state index contributed by atoms with van der Waals surface area (Å²) in [5.74, 6) is -0.355. The maximum absolute atomic E-state index is 13.1. The molecule has 1 aromatic heterocycles. The standard InChI is InChI=1S/C25H30N2O7/c1-8-32-24(28)19-13(3)26-14(4)20(25(29)33-9-2)22(19)21-15(5)34-27-23(21)17-11-10-16(30-6)12-18(17)31-7/h10-12,22,26H,8-9H2,1-7H3. The molecule has 0 bridgehead atoms. The number of carbonyl (C=O) groups excluding carboxylic acids is 2. The van der Waals surface area contributed by atoms with Crippen molar-refractivity contribution in [1.82, 2.24) is 10.5 Å². The molecule has 3 rings (SSSR count). The lowest BCUT2D eigenvalue weighted by molar-refractivity contribution is -0.139. The van der Waals surface area contributed by atoms with Crippen LogP contribution in [-0.2, 0) is 19.1 Å². The van der Waals surface area contributed by atoms with Crippen molar-refractivity contribution < 1.29 is 33.1 Å². The topological polar surface area (TPSA) is 109 Å². The maximum Gasteiger partial charge on any atom is 0.336 e. The van der Waals surface area contributed by atoms with Crippen molar-refractivity contribution in [3.63, 3.8) is 0 Å². The number of esters is 2. The minimum absolute atomic E-state index is 0.182. The summed E-state index contributed by atoms with van der Waals surface area (Å²) >= 11 is 0. The van der Waals surface area contributed by atoms with Crippen molar-refractivity contribution in [2.24, 2.45) is 0 Å². The van der Waals surface area contributed by atoms with Crippen LogP contribution in [0.15, 0.2) is 45.3 Å². The minimum atomic E-state index is -0.826. The Balaban J connectivity index is 2.31. The molecule has 1 N–H and O–H groups in total. The summed E-state index contributed by atoms with van der Waals surface area (Å²) < 4.78 is 27.2. The molecule has 0 saturated carbocycles. The van der Waals surface area contributed by atoms with Gasteiger partial charge in [-0.15, -0.1) is 0 Å². The number of hydrogen-bond acceptors (Lipinski definition) is 9. The molecule has 1 aliphatic heterocycles. The van der Waals surface area contributed by atoms with Crippen molar-refractivity contribution >= 4 is 11.9 Å². The first-order valence-electron chi connectivity index (χ1n) is 11.0. The number of nitrogens with zero attached hydrogens (tertiary/aromatic N) is 1. The molecule has 0 unspecified atom stereocenters. The van der Waals surface area contributed by atoms with Gasteiger partial charge in [-0.3, -0.25) is 0 Å². The Labute approximate surface area is 198 Å². The second-order valence-electron chi connectivity index (χ2n) is 7.64. The summed E-state index contributed by atoms with van der Waals surface area (Å²) in [4.78, 5) is 26.3. The van der Waals surface area contributed by atoms with Gasteiger partial charge in [0.05, 0.1) is 44.5 Å². The highest BCUT2D eigenvalue weighted by Gasteiger charge is 2.41. The number of dihydropyridines is 1. The molecule has 2 heterocycles. The van der Waals surface area contributed by atoms with E-state index in [0.717, 1.165) is 0 Å². The molecule has 0 saturated heterocycles. The van der Waals surface area contributed by atoms with E-state index < -0.39 is 17.9 Å². The average Bonchev–Trinajstić information content (AvgIpc) is 3.18. The monoisotopic (exact) mass is 470 g/mol. The number of rotatable bonds is 8. The van der Waals surface area contributed by atoms with Crippen LogP contribution in [0.4, 0.5) is 0 Å². The quantitative estimate of drug-likeness (QED) is 0.572. The molecule has 0 radical (unpaired) electrons. The highest BCUT2D eigenvalue weighted by Crippen LogP contribution is 2.46. The first-order chi connectivity index (χ1) is 16.3. The second kappa shape index (κ2) is 10.5. The van der Waals surface area contributed by atoms with Crippen LogP contribution in [-0.4, -0.2) is 44.5 Å². The molecule has 182 valence electrons. The number of carbonyl (C=O) groups is 2. The minimum Gasteiger partial charge on any atom is -0.497 e. The predicted octanol–water partition coefficient (Wildman–Crippen LogP) is 4.03. The third-order valence-electron chi connectivity index (χ3n) is 5.61. The fourth-order valence-corrected chi connectivity index (χ4v) is 4.15. The number of allylic oxidation sites excluding steroid dienone is 2. The Morgan fingerprint density at radius 1 is 0.971 bits per heavy atom. The van der Waals surface area contributed by atoms with E-state index >= 15 is 0 Å². The van der Waals surface area contributed by atoms with Gasteiger partial charge in [0.2, 0.25) is 0 Å². The zero-order chi connectivity index (χ0) is 25.0. The molecule has 0 atom stereocenters. The summed E-state index contributed by atoms with van der Waals surface area (Å²) in [5.41, 5.74) is 3.33. The summed E-state index contributed by atoms with van der Waals surface area (Å²) in [5, 5.41) is 7.42. The molecule has 0 fully saturated rings. The van der Waals surface area contributed by atoms with Gasteiger partial charge in [0.25, 0.3) is 0 Å². The molecule has 34 heavy (non-hydrogen) atoms. The first kappa shape index (κ1) is 24.9. The normalized spacial score (nSPS) is 14.1. The van der Waals surface area contributed by atoms with Gasteiger partial charge in [-0.2, -0.15) is 0 Å². The van der Waals surface area contributed by atoms with Gasteiger partial charge in [0, 0.05) is 28.6 Å². The van der Waals surface area contributed by atoms with Crippen LogP contribution >= 0.6 is 0 Å². The van der Waals surface area contributed by atoms with Gasteiger partial charge in [-0.25, -0.2) is 9.59 Å². The molecular weight excluding hydrogens is 440 g/mol. The highest BCUT2D eigenvalue weighted by atomic mass is 16.5. The van der Waals surface area contributed by atoms with Crippen LogP contribution in [0.2, 0.25) is 0 Å². The molecule has 2 aromatic rings. The van der Waals surface area contributed by atoms with E-state index in [1.807, 2.05) is 0 Å². The number of methoxy groups -OCH3 is 2. The van der Waals surface area contributed by atoms with Crippen LogP contribution in [0.3, 0.4) is 0 Å². The van der Waals surface area contributed by atoms with Crippen LogP contribution in [0.1, 0.15) is 44.9 Å². The summed E-state index contributed by atoms with van der Waals surface area (Å²) in [6.07, 6.45) is 0. The van der Waals surface area contributed by atoms with Gasteiger partial charge in [-0.1, -0.05) is 5.16 Å². The van der Waals surface area contributed by atoms with Crippen molar-refractivity contribution in [2.45, 2.75) is 40.5 Å². The fourth-order valence-electron chi connectivity index (χ4n) is 4.15. The number of benzene rings is 1. The van der Waals surface area contributed by atoms with E-state index in [1.54, 1.807) is 59.9 Å². The van der Waals surface area contributed by atoms with Crippen molar-refractivity contribution in [3.8, 4) is 22.8 Å². The third-order valence-corrected chi connectivity index (χ3v) is 5.61. The van der Waals surface area contributed by atoms with E-state index in [-0.39, 0.29) is 24.4 Å². The van der Waals surface area contributed by atoms with E-state index in [4.69, 9.17) is 23.5 Å². The van der Waals surface area contributed by atoms with Crippen LogP contribution < -0.4 is 14.8 Å². The van der Waals surface area contributed by atoms with Gasteiger partial charge >= 0.3 is 11.9 Å². The van der Waals surface area contributed by atoms with Crippen LogP contribution in [0, 0.1) is 6.92 Å². The molecule has 1 aromatic carbocycles. The average molecular weight is 471 g/mol. The van der Waals surface area contributed by atoms with Gasteiger partial charge < -0.3 is 28.8 Å². The summed E-state index contributed by atoms with van der Waals surface area (Å²) in [6, 6.07) is 5.29. The molecule has 0 amide bonds. The zero-order valence-corrected chi connectivity index (χ0v) is 20.5. The largest absolute Gasteiger partial charge is 0.497 e. The lowest BCUT2D eigenvalue weighted by Gasteiger charge is -2.30. The van der Waals surface area contributed by atoms with Crippen molar-refractivity contribution in [2.75, 3.05) is 27.4 Å².